The van der Waals surface area contributed by atoms with Crippen LogP contribution in [-0.4, -0.2) is 10.9 Å². The van der Waals surface area contributed by atoms with Crippen LogP contribution in [0, 0.1) is 0 Å². The summed E-state index contributed by atoms with van der Waals surface area (Å²) in [4.78, 5) is 16.8. The highest BCUT2D eigenvalue weighted by Gasteiger charge is 2.13. The molecular weight excluding hydrogens is 280 g/mol. The summed E-state index contributed by atoms with van der Waals surface area (Å²) >= 11 is 7.43. The zero-order valence-corrected chi connectivity index (χ0v) is 12.4. The van der Waals surface area contributed by atoms with Gasteiger partial charge in [-0.1, -0.05) is 37.1 Å². The lowest BCUT2D eigenvalue weighted by molar-refractivity contribution is -0.114. The highest BCUT2D eigenvalue weighted by molar-refractivity contribution is 7.16. The van der Waals surface area contributed by atoms with Gasteiger partial charge in [-0.25, -0.2) is 4.98 Å². The van der Waals surface area contributed by atoms with E-state index in [2.05, 4.69) is 17.2 Å². The van der Waals surface area contributed by atoms with Crippen molar-refractivity contribution in [2.45, 2.75) is 26.7 Å². The van der Waals surface area contributed by atoms with Crippen molar-refractivity contribution in [2.24, 2.45) is 0 Å². The molecule has 0 aliphatic carbocycles. The lowest BCUT2D eigenvalue weighted by atomic mass is 10.1. The van der Waals surface area contributed by atoms with Crippen molar-refractivity contribution >= 4 is 34.0 Å². The van der Waals surface area contributed by atoms with Crippen LogP contribution in [-0.2, 0) is 11.2 Å². The predicted molar refractivity (Wildman–Crippen MR) is 80.9 cm³/mol. The highest BCUT2D eigenvalue weighted by Crippen LogP contribution is 2.32. The van der Waals surface area contributed by atoms with E-state index in [9.17, 15) is 4.79 Å². The van der Waals surface area contributed by atoms with Crippen molar-refractivity contribution in [1.82, 2.24) is 4.98 Å². The van der Waals surface area contributed by atoms with Crippen LogP contribution in [0.3, 0.4) is 0 Å². The van der Waals surface area contributed by atoms with Gasteiger partial charge in [0, 0.05) is 22.4 Å². The number of nitrogens with zero attached hydrogens (tertiary/aromatic N) is 1. The van der Waals surface area contributed by atoms with E-state index < -0.39 is 0 Å². The van der Waals surface area contributed by atoms with E-state index in [1.807, 2.05) is 24.3 Å². The first kappa shape index (κ1) is 14.0. The number of aromatic nitrogens is 1. The Morgan fingerprint density at radius 3 is 2.63 bits per heavy atom. The molecule has 1 aromatic heterocycles. The minimum Gasteiger partial charge on any atom is -0.302 e. The number of amides is 1. The monoisotopic (exact) mass is 294 g/mol. The average Bonchev–Trinajstić information content (AvgIpc) is 2.72. The number of nitrogens with one attached hydrogen (secondary N) is 1. The van der Waals surface area contributed by atoms with Crippen LogP contribution in [0.1, 0.15) is 25.1 Å². The van der Waals surface area contributed by atoms with Crippen molar-refractivity contribution in [3.63, 3.8) is 0 Å². The van der Waals surface area contributed by atoms with E-state index in [1.54, 1.807) is 0 Å². The van der Waals surface area contributed by atoms with Crippen molar-refractivity contribution in [1.29, 1.82) is 0 Å². The Morgan fingerprint density at radius 2 is 2.05 bits per heavy atom. The predicted octanol–water partition coefficient (Wildman–Crippen LogP) is 4.37. The second kappa shape index (κ2) is 6.17. The van der Waals surface area contributed by atoms with Crippen LogP contribution < -0.4 is 5.32 Å². The van der Waals surface area contributed by atoms with Crippen LogP contribution in [0.2, 0.25) is 5.02 Å². The van der Waals surface area contributed by atoms with Crippen LogP contribution in [0.25, 0.3) is 11.3 Å². The van der Waals surface area contributed by atoms with Gasteiger partial charge in [0.2, 0.25) is 5.91 Å². The number of carbonyl (C=O) groups is 1. The molecule has 0 saturated heterocycles. The first-order valence-corrected chi connectivity index (χ1v) is 7.33. The molecular formula is C14H15ClN2OS. The third-order valence-corrected chi connectivity index (χ3v) is 3.86. The molecule has 1 N–H and O–H groups in total. The number of hydrogen-bond acceptors (Lipinski definition) is 3. The molecule has 2 aromatic rings. The number of rotatable bonds is 4. The van der Waals surface area contributed by atoms with E-state index in [-0.39, 0.29) is 5.91 Å². The van der Waals surface area contributed by atoms with Gasteiger partial charge in [-0.2, -0.15) is 0 Å². The number of thiazole rings is 1. The lowest BCUT2D eigenvalue weighted by Crippen LogP contribution is -2.04. The molecule has 0 radical (unpaired) electrons. The fourth-order valence-electron chi connectivity index (χ4n) is 1.79. The van der Waals surface area contributed by atoms with Gasteiger partial charge in [0.25, 0.3) is 0 Å². The summed E-state index contributed by atoms with van der Waals surface area (Å²) in [5.74, 6) is -0.0977. The van der Waals surface area contributed by atoms with Gasteiger partial charge in [-0.3, -0.25) is 4.79 Å². The SMILES string of the molecule is CCCc1sc(NC(C)=O)nc1-c1ccc(Cl)cc1. The number of benzene rings is 1. The van der Waals surface area contributed by atoms with Gasteiger partial charge in [0.15, 0.2) is 5.13 Å². The molecule has 2 rings (SSSR count). The maximum atomic E-state index is 11.1. The van der Waals surface area contributed by atoms with Crippen molar-refractivity contribution in [3.05, 3.63) is 34.2 Å². The molecule has 0 aliphatic rings. The van der Waals surface area contributed by atoms with E-state index in [1.165, 1.54) is 23.1 Å². The molecule has 0 spiro atoms. The molecule has 1 aromatic carbocycles. The number of halogens is 1. The molecule has 1 heterocycles. The first-order chi connectivity index (χ1) is 9.10. The molecule has 1 amide bonds. The van der Waals surface area contributed by atoms with E-state index in [0.29, 0.717) is 10.2 Å². The molecule has 5 heteroatoms. The maximum absolute atomic E-state index is 11.1. The lowest BCUT2D eigenvalue weighted by Gasteiger charge is -2.01. The van der Waals surface area contributed by atoms with Gasteiger partial charge < -0.3 is 5.32 Å². The van der Waals surface area contributed by atoms with Crippen LogP contribution >= 0.6 is 22.9 Å². The zero-order chi connectivity index (χ0) is 13.8. The Bertz CT molecular complexity index is 578. The minimum absolute atomic E-state index is 0.0977. The normalized spacial score (nSPS) is 10.5. The van der Waals surface area contributed by atoms with Gasteiger partial charge >= 0.3 is 0 Å². The Labute approximate surface area is 121 Å². The van der Waals surface area contributed by atoms with Gasteiger partial charge in [-0.15, -0.1) is 11.3 Å². The van der Waals surface area contributed by atoms with Gasteiger partial charge in [-0.05, 0) is 18.6 Å². The van der Waals surface area contributed by atoms with Crippen molar-refractivity contribution < 1.29 is 4.79 Å². The standard InChI is InChI=1S/C14H15ClN2OS/c1-3-4-12-13(10-5-7-11(15)8-6-10)17-14(19-12)16-9(2)18/h5-8H,3-4H2,1-2H3,(H,16,17,18). The number of carbonyl (C=O) groups excluding carboxylic acids is 1. The Hall–Kier alpha value is -1.39. The Kier molecular flexibility index (Phi) is 4.56. The van der Waals surface area contributed by atoms with E-state index >= 15 is 0 Å². The zero-order valence-electron chi connectivity index (χ0n) is 10.9. The van der Waals surface area contributed by atoms with Crippen LogP contribution in [0.15, 0.2) is 24.3 Å². The third-order valence-electron chi connectivity index (χ3n) is 2.58. The van der Waals surface area contributed by atoms with Crippen LogP contribution in [0.5, 0.6) is 0 Å². The second-order valence-electron chi connectivity index (χ2n) is 4.23. The average molecular weight is 295 g/mol. The van der Waals surface area contributed by atoms with Crippen LogP contribution in [0.4, 0.5) is 5.13 Å². The molecule has 100 valence electrons. The number of anilines is 1. The maximum Gasteiger partial charge on any atom is 0.223 e. The minimum atomic E-state index is -0.0977. The summed E-state index contributed by atoms with van der Waals surface area (Å²) in [5, 5.41) is 4.11. The third kappa shape index (κ3) is 3.55. The second-order valence-corrected chi connectivity index (χ2v) is 5.75. The van der Waals surface area contributed by atoms with Crippen molar-refractivity contribution in [2.75, 3.05) is 5.32 Å². The quantitative estimate of drug-likeness (QED) is 0.909. The first-order valence-electron chi connectivity index (χ1n) is 6.13. The highest BCUT2D eigenvalue weighted by atomic mass is 35.5. The molecule has 0 saturated carbocycles. The summed E-state index contributed by atoms with van der Waals surface area (Å²) in [6.07, 6.45) is 2.00. The molecule has 0 bridgehead atoms. The largest absolute Gasteiger partial charge is 0.302 e. The fourth-order valence-corrected chi connectivity index (χ4v) is 3.04. The molecule has 0 fully saturated rings. The summed E-state index contributed by atoms with van der Waals surface area (Å²) in [5.41, 5.74) is 1.97. The molecule has 0 aliphatic heterocycles. The smallest absolute Gasteiger partial charge is 0.223 e. The number of hydrogen-bond donors (Lipinski definition) is 1. The number of aryl methyl sites for hydroxylation is 1. The Morgan fingerprint density at radius 1 is 1.37 bits per heavy atom. The van der Waals surface area contributed by atoms with E-state index in [4.69, 9.17) is 11.6 Å². The summed E-state index contributed by atoms with van der Waals surface area (Å²) in [6.45, 7) is 3.62. The Balaban J connectivity index is 2.39. The molecule has 0 atom stereocenters. The topological polar surface area (TPSA) is 42.0 Å². The molecule has 0 unspecified atom stereocenters. The molecule has 19 heavy (non-hydrogen) atoms. The summed E-state index contributed by atoms with van der Waals surface area (Å²) in [6, 6.07) is 7.61. The van der Waals surface area contributed by atoms with E-state index in [0.717, 1.165) is 24.1 Å². The van der Waals surface area contributed by atoms with Gasteiger partial charge in [0.1, 0.15) is 0 Å². The summed E-state index contributed by atoms with van der Waals surface area (Å²) in [7, 11) is 0. The summed E-state index contributed by atoms with van der Waals surface area (Å²) < 4.78 is 0. The fraction of sp³-hybridized carbons (Fsp3) is 0.286. The van der Waals surface area contributed by atoms with Crippen molar-refractivity contribution in [3.8, 4) is 11.3 Å². The van der Waals surface area contributed by atoms with Gasteiger partial charge in [0.05, 0.1) is 5.69 Å². The molecule has 3 nitrogen and oxygen atoms in total.